The summed E-state index contributed by atoms with van der Waals surface area (Å²) in [5.41, 5.74) is 9.47. The predicted molar refractivity (Wildman–Crippen MR) is 165 cm³/mol. The van der Waals surface area contributed by atoms with E-state index in [0.717, 1.165) is 31.4 Å². The van der Waals surface area contributed by atoms with Crippen LogP contribution in [0.15, 0.2) is 128 Å². The summed E-state index contributed by atoms with van der Waals surface area (Å²) in [4.78, 5) is 15.8. The molecule has 0 saturated heterocycles. The molecule has 0 saturated carbocycles. The standard InChI is InChI=1S/C29H22Br2N8/c30-25-17-9-7-11-21(25)19-32-37-27-34-28(38-33-20-22-12-8-10-18-26(22)31)36-29(35-27)39(23-13-3-1-4-14-23)24-15-5-2-6-16-24/h1-20H,(H2,34,35,36,37,38)/b32-19-,33-20-. The third-order valence-corrected chi connectivity index (χ3v) is 6.84. The first-order valence-corrected chi connectivity index (χ1v) is 13.5. The summed E-state index contributed by atoms with van der Waals surface area (Å²) < 4.78 is 1.85. The summed E-state index contributed by atoms with van der Waals surface area (Å²) in [7, 11) is 0. The van der Waals surface area contributed by atoms with Gasteiger partial charge in [0.2, 0.25) is 17.8 Å². The topological polar surface area (TPSA) is 90.7 Å². The number of nitrogens with zero attached hydrogens (tertiary/aromatic N) is 6. The number of hydrogen-bond acceptors (Lipinski definition) is 8. The van der Waals surface area contributed by atoms with Crippen LogP contribution in [0.4, 0.5) is 29.2 Å². The minimum atomic E-state index is 0.249. The number of halogens is 2. The molecule has 0 spiro atoms. The van der Waals surface area contributed by atoms with Gasteiger partial charge in [-0.15, -0.1) is 0 Å². The molecule has 0 radical (unpaired) electrons. The number of aromatic nitrogens is 3. The Kier molecular flexibility index (Phi) is 8.67. The van der Waals surface area contributed by atoms with E-state index in [1.54, 1.807) is 12.4 Å². The lowest BCUT2D eigenvalue weighted by Crippen LogP contribution is -2.16. The smallest absolute Gasteiger partial charge is 0.250 e. The Morgan fingerprint density at radius 2 is 0.949 bits per heavy atom. The Morgan fingerprint density at radius 3 is 1.38 bits per heavy atom. The van der Waals surface area contributed by atoms with E-state index in [1.165, 1.54) is 0 Å². The molecule has 5 rings (SSSR count). The fraction of sp³-hybridized carbons (Fsp3) is 0. The van der Waals surface area contributed by atoms with Gasteiger partial charge in [-0.25, -0.2) is 10.9 Å². The molecule has 2 N–H and O–H groups in total. The number of anilines is 5. The second-order valence-corrected chi connectivity index (χ2v) is 9.78. The van der Waals surface area contributed by atoms with Gasteiger partial charge in [-0.05, 0) is 36.4 Å². The monoisotopic (exact) mass is 640 g/mol. The minimum absolute atomic E-state index is 0.249. The molecule has 5 aromatic rings. The SMILES string of the molecule is Brc1ccccc1/C=N\Nc1nc(N/N=C\c2ccccc2Br)nc(N(c2ccccc2)c2ccccc2)n1. The van der Waals surface area contributed by atoms with Gasteiger partial charge >= 0.3 is 0 Å². The Bertz CT molecular complexity index is 1480. The van der Waals surface area contributed by atoms with Gasteiger partial charge in [-0.1, -0.05) is 105 Å². The maximum absolute atomic E-state index is 4.69. The summed E-state index contributed by atoms with van der Waals surface area (Å²) in [6.45, 7) is 0. The third-order valence-electron chi connectivity index (χ3n) is 5.40. The van der Waals surface area contributed by atoms with Gasteiger partial charge in [0.1, 0.15) is 0 Å². The van der Waals surface area contributed by atoms with Gasteiger partial charge < -0.3 is 0 Å². The van der Waals surface area contributed by atoms with Crippen molar-refractivity contribution in [1.29, 1.82) is 0 Å². The zero-order valence-electron chi connectivity index (χ0n) is 20.5. The normalized spacial score (nSPS) is 11.1. The van der Waals surface area contributed by atoms with E-state index in [1.807, 2.05) is 114 Å². The molecular formula is C29H22Br2N8. The number of para-hydroxylation sites is 2. The predicted octanol–water partition coefficient (Wildman–Crippen LogP) is 7.76. The summed E-state index contributed by atoms with van der Waals surface area (Å²) in [5.74, 6) is 0.886. The molecule has 0 bridgehead atoms. The number of benzene rings is 4. The summed E-state index contributed by atoms with van der Waals surface area (Å²) >= 11 is 7.07. The maximum atomic E-state index is 4.69. The molecule has 8 nitrogen and oxygen atoms in total. The van der Waals surface area contributed by atoms with E-state index in [-0.39, 0.29) is 11.9 Å². The van der Waals surface area contributed by atoms with Crippen molar-refractivity contribution in [2.45, 2.75) is 0 Å². The molecule has 10 heteroatoms. The van der Waals surface area contributed by atoms with Crippen molar-refractivity contribution in [3.63, 3.8) is 0 Å². The van der Waals surface area contributed by atoms with E-state index < -0.39 is 0 Å². The van der Waals surface area contributed by atoms with E-state index in [0.29, 0.717) is 5.95 Å². The molecule has 0 aliphatic heterocycles. The summed E-state index contributed by atoms with van der Waals surface area (Å²) in [5, 5.41) is 8.70. The highest BCUT2D eigenvalue weighted by Gasteiger charge is 2.17. The molecule has 0 unspecified atom stereocenters. The Balaban J connectivity index is 1.51. The second kappa shape index (κ2) is 12.9. The lowest BCUT2D eigenvalue weighted by molar-refractivity contribution is 0.991. The average Bonchev–Trinajstić information content (AvgIpc) is 2.96. The Labute approximate surface area is 242 Å². The van der Waals surface area contributed by atoms with Crippen LogP contribution < -0.4 is 15.8 Å². The van der Waals surface area contributed by atoms with Crippen LogP contribution in [-0.4, -0.2) is 27.4 Å². The van der Waals surface area contributed by atoms with E-state index in [4.69, 9.17) is 0 Å². The molecule has 1 heterocycles. The van der Waals surface area contributed by atoms with Crippen molar-refractivity contribution in [2.75, 3.05) is 15.8 Å². The zero-order chi connectivity index (χ0) is 26.9. The van der Waals surface area contributed by atoms with Gasteiger partial charge in [0.05, 0.1) is 12.4 Å². The van der Waals surface area contributed by atoms with Crippen molar-refractivity contribution in [3.05, 3.63) is 129 Å². The molecule has 0 aliphatic rings. The summed E-state index contributed by atoms with van der Waals surface area (Å²) in [6.07, 6.45) is 3.38. The fourth-order valence-corrected chi connectivity index (χ4v) is 4.35. The van der Waals surface area contributed by atoms with Gasteiger partial charge in [0.15, 0.2) is 0 Å². The maximum Gasteiger partial charge on any atom is 0.250 e. The van der Waals surface area contributed by atoms with E-state index >= 15 is 0 Å². The largest absolute Gasteiger partial charge is 0.279 e. The highest BCUT2D eigenvalue weighted by atomic mass is 79.9. The molecule has 0 amide bonds. The van der Waals surface area contributed by atoms with E-state index in [2.05, 4.69) is 67.9 Å². The highest BCUT2D eigenvalue weighted by Crippen LogP contribution is 2.32. The van der Waals surface area contributed by atoms with Gasteiger partial charge in [-0.2, -0.15) is 25.2 Å². The van der Waals surface area contributed by atoms with Crippen LogP contribution in [0.25, 0.3) is 0 Å². The lowest BCUT2D eigenvalue weighted by Gasteiger charge is -2.23. The Hall–Kier alpha value is -4.41. The zero-order valence-corrected chi connectivity index (χ0v) is 23.7. The van der Waals surface area contributed by atoms with E-state index in [9.17, 15) is 0 Å². The molecule has 0 fully saturated rings. The first-order valence-electron chi connectivity index (χ1n) is 11.9. The van der Waals surface area contributed by atoms with Crippen LogP contribution in [-0.2, 0) is 0 Å². The van der Waals surface area contributed by atoms with Crippen LogP contribution in [0, 0.1) is 0 Å². The van der Waals surface area contributed by atoms with Crippen molar-refractivity contribution < 1.29 is 0 Å². The van der Waals surface area contributed by atoms with Crippen LogP contribution in [0.2, 0.25) is 0 Å². The van der Waals surface area contributed by atoms with Crippen molar-refractivity contribution >= 4 is 73.5 Å². The molecule has 4 aromatic carbocycles. The van der Waals surface area contributed by atoms with Crippen LogP contribution >= 0.6 is 31.9 Å². The minimum Gasteiger partial charge on any atom is -0.279 e. The first kappa shape index (κ1) is 26.2. The van der Waals surface area contributed by atoms with Crippen LogP contribution in [0.5, 0.6) is 0 Å². The van der Waals surface area contributed by atoms with Crippen LogP contribution in [0.1, 0.15) is 11.1 Å². The van der Waals surface area contributed by atoms with Crippen molar-refractivity contribution in [1.82, 2.24) is 15.0 Å². The third kappa shape index (κ3) is 6.92. The van der Waals surface area contributed by atoms with Crippen molar-refractivity contribution in [2.24, 2.45) is 10.2 Å². The average molecular weight is 642 g/mol. The molecular weight excluding hydrogens is 620 g/mol. The lowest BCUT2D eigenvalue weighted by atomic mass is 10.2. The van der Waals surface area contributed by atoms with Gasteiger partial charge in [0, 0.05) is 31.4 Å². The summed E-state index contributed by atoms with van der Waals surface area (Å²) in [6, 6.07) is 35.3. The number of rotatable bonds is 9. The molecule has 0 aliphatic carbocycles. The fourth-order valence-electron chi connectivity index (χ4n) is 3.58. The molecule has 39 heavy (non-hydrogen) atoms. The second-order valence-electron chi connectivity index (χ2n) is 8.07. The van der Waals surface area contributed by atoms with Gasteiger partial charge in [-0.3, -0.25) is 4.90 Å². The van der Waals surface area contributed by atoms with Crippen molar-refractivity contribution in [3.8, 4) is 0 Å². The number of hydrogen-bond donors (Lipinski definition) is 2. The molecule has 0 atom stereocenters. The number of nitrogens with one attached hydrogen (secondary N) is 2. The highest BCUT2D eigenvalue weighted by molar-refractivity contribution is 9.10. The molecule has 192 valence electrons. The van der Waals surface area contributed by atoms with Gasteiger partial charge in [0.25, 0.3) is 0 Å². The quantitative estimate of drug-likeness (QED) is 0.126. The molecule has 1 aromatic heterocycles. The number of hydrazone groups is 2. The van der Waals surface area contributed by atoms with Crippen LogP contribution in [0.3, 0.4) is 0 Å². The first-order chi connectivity index (χ1) is 19.2. The Morgan fingerprint density at radius 1 is 0.538 bits per heavy atom.